The lowest BCUT2D eigenvalue weighted by atomic mass is 9.78. The topological polar surface area (TPSA) is 180 Å². The largest absolute Gasteiger partial charge is 0.464 e. The summed E-state index contributed by atoms with van der Waals surface area (Å²) in [6.45, 7) is 23.8. The van der Waals surface area contributed by atoms with Crippen LogP contribution in [0.15, 0.2) is 60.2 Å². The molecule has 3 rings (SSSR count). The van der Waals surface area contributed by atoms with E-state index in [1.54, 1.807) is 27.0 Å². The molecule has 15 heteroatoms. The van der Waals surface area contributed by atoms with E-state index in [2.05, 4.69) is 45.2 Å². The third-order valence-corrected chi connectivity index (χ3v) is 15.8. The van der Waals surface area contributed by atoms with Gasteiger partial charge in [0.1, 0.15) is 30.8 Å². The maximum Gasteiger partial charge on any atom is 0.323 e. The Bertz CT molecular complexity index is 2240. The van der Waals surface area contributed by atoms with Gasteiger partial charge in [-0.1, -0.05) is 113 Å². The lowest BCUT2D eigenvalue weighted by molar-refractivity contribution is -0.179. The maximum absolute atomic E-state index is 14.9. The van der Waals surface area contributed by atoms with E-state index < -0.39 is 102 Å². The van der Waals surface area contributed by atoms with Crippen molar-refractivity contribution in [1.82, 2.24) is 4.90 Å². The molecule has 11 atom stereocenters. The second-order valence-electron chi connectivity index (χ2n) is 22.8. The molecule has 0 amide bonds. The van der Waals surface area contributed by atoms with E-state index in [1.807, 2.05) is 118 Å². The van der Waals surface area contributed by atoms with Crippen molar-refractivity contribution in [1.29, 1.82) is 0 Å². The predicted octanol–water partition coefficient (Wildman–Crippen LogP) is 11.8. The molecule has 1 N–H and O–H groups in total. The van der Waals surface area contributed by atoms with Crippen molar-refractivity contribution in [3.63, 3.8) is 0 Å². The van der Waals surface area contributed by atoms with Gasteiger partial charge < -0.3 is 24.1 Å². The van der Waals surface area contributed by atoms with Crippen LogP contribution in [-0.2, 0) is 65.4 Å². The van der Waals surface area contributed by atoms with E-state index in [4.69, 9.17) is 18.9 Å². The quantitative estimate of drug-likeness (QED) is 0.0771. The smallest absolute Gasteiger partial charge is 0.323 e. The van der Waals surface area contributed by atoms with Crippen LogP contribution in [0.3, 0.4) is 0 Å². The Labute approximate surface area is 481 Å². The zero-order valence-electron chi connectivity index (χ0n) is 47.8. The maximum atomic E-state index is 14.9. The van der Waals surface area contributed by atoms with E-state index in [0.29, 0.717) is 12.8 Å². The molecule has 0 aliphatic carbocycles. The van der Waals surface area contributed by atoms with Crippen LogP contribution in [0.4, 0.5) is 0 Å². The molecule has 2 aromatic carbocycles. The second kappa shape index (κ2) is 32.5. The van der Waals surface area contributed by atoms with Crippen LogP contribution >= 0.6 is 45.2 Å². The van der Waals surface area contributed by atoms with E-state index in [1.165, 1.54) is 11.8 Å². The molecular formula is C61H89I2NO12. The molecular weight excluding hydrogens is 1190 g/mol. The number of aliphatic hydroxyl groups is 1. The highest BCUT2D eigenvalue weighted by atomic mass is 127. The van der Waals surface area contributed by atoms with Gasteiger partial charge in [0, 0.05) is 37.7 Å². The standard InChI is InChI=1S/C61H89I2NO12/c1-15-18-48-50(29-37(8)9)60(71)76-53(32-42-21-25-46(63)26-22-42)57(68)64(14)51(30-38(10)11)61(72)73-34-39(12)54(65)47(17-3)49(28-36(6)7)59(70)75-52(31-41-19-23-45(62)24-20-41)56(67)43(16-2)33-44(27-35(4)5)58(69)74-40(13)55(48)66/h16,19-26,35-40,44,47-53,57,68H,15,17-18,27-34H2,1-14H3/b43-16-/t39-,40+,44?,47?,48?,49?,50?,51-,52+,53+,57?/m0/s1. The number of likely N-dealkylation sites (N-methyl/N-ethyl adjacent to an activating group) is 1. The van der Waals surface area contributed by atoms with Crippen molar-refractivity contribution in [3.8, 4) is 0 Å². The number of nitrogens with zero attached hydrogens (tertiary/aromatic N) is 1. The molecule has 0 bridgehead atoms. The fourth-order valence-electron chi connectivity index (χ4n) is 10.3. The first-order valence-electron chi connectivity index (χ1n) is 27.7. The molecule has 0 aromatic heterocycles. The van der Waals surface area contributed by atoms with Crippen molar-refractivity contribution in [2.24, 2.45) is 59.2 Å². The van der Waals surface area contributed by atoms with Crippen LogP contribution in [0.1, 0.15) is 153 Å². The molecule has 13 nitrogen and oxygen atoms in total. The van der Waals surface area contributed by atoms with Gasteiger partial charge in [-0.3, -0.25) is 38.5 Å². The molecule has 1 heterocycles. The van der Waals surface area contributed by atoms with Gasteiger partial charge in [-0.25, -0.2) is 0 Å². The Balaban J connectivity index is 2.30. The summed E-state index contributed by atoms with van der Waals surface area (Å²) in [6, 6.07) is 14.0. The van der Waals surface area contributed by atoms with Crippen LogP contribution in [-0.4, -0.2) is 95.5 Å². The Morgan fingerprint density at radius 3 is 1.62 bits per heavy atom. The number of rotatable bonds is 15. The first-order chi connectivity index (χ1) is 35.7. The minimum absolute atomic E-state index is 0.0238. The summed E-state index contributed by atoms with van der Waals surface area (Å²) in [5.41, 5.74) is 1.74. The van der Waals surface area contributed by atoms with Gasteiger partial charge in [-0.15, -0.1) is 0 Å². The highest BCUT2D eigenvalue weighted by Crippen LogP contribution is 2.34. The summed E-state index contributed by atoms with van der Waals surface area (Å²) in [4.78, 5) is 104. The van der Waals surface area contributed by atoms with Crippen molar-refractivity contribution in [2.75, 3.05) is 13.7 Å². The number of halogens is 2. The number of cyclic esters (lactones) is 4. The number of carbonyl (C=O) groups is 7. The van der Waals surface area contributed by atoms with Gasteiger partial charge in [0.15, 0.2) is 23.8 Å². The summed E-state index contributed by atoms with van der Waals surface area (Å²) < 4.78 is 26.7. The number of carbonyl (C=O) groups excluding carboxylic acids is 7. The van der Waals surface area contributed by atoms with Crippen molar-refractivity contribution < 1.29 is 57.6 Å². The van der Waals surface area contributed by atoms with Gasteiger partial charge in [0.2, 0.25) is 0 Å². The fraction of sp³-hybridized carbons (Fsp3) is 0.656. The number of ether oxygens (including phenoxy) is 4. The zero-order valence-corrected chi connectivity index (χ0v) is 52.1. The van der Waals surface area contributed by atoms with Gasteiger partial charge >= 0.3 is 23.9 Å². The molecule has 76 heavy (non-hydrogen) atoms. The summed E-state index contributed by atoms with van der Waals surface area (Å²) >= 11 is 4.39. The van der Waals surface area contributed by atoms with E-state index >= 15 is 0 Å². The van der Waals surface area contributed by atoms with Gasteiger partial charge in [0.25, 0.3) is 0 Å². The van der Waals surface area contributed by atoms with E-state index in [0.717, 1.165) is 18.3 Å². The minimum Gasteiger partial charge on any atom is -0.464 e. The molecule has 0 saturated carbocycles. The average Bonchev–Trinajstić information content (AvgIpc) is 3.36. The molecule has 424 valence electrons. The predicted molar refractivity (Wildman–Crippen MR) is 313 cm³/mol. The number of hydrogen-bond donors (Lipinski definition) is 1. The molecule has 2 aromatic rings. The van der Waals surface area contributed by atoms with Crippen LogP contribution in [0.25, 0.3) is 0 Å². The number of Topliss-reactive ketones (excluding diaryl/α,β-unsaturated/α-hetero) is 3. The van der Waals surface area contributed by atoms with E-state index in [9.17, 15) is 38.7 Å². The van der Waals surface area contributed by atoms with Crippen LogP contribution in [0.5, 0.6) is 0 Å². The van der Waals surface area contributed by atoms with Crippen LogP contribution < -0.4 is 0 Å². The van der Waals surface area contributed by atoms with E-state index in [-0.39, 0.29) is 93.0 Å². The highest BCUT2D eigenvalue weighted by Gasteiger charge is 2.43. The monoisotopic (exact) mass is 1280 g/mol. The van der Waals surface area contributed by atoms with Gasteiger partial charge in [-0.05, 0) is 176 Å². The summed E-state index contributed by atoms with van der Waals surface area (Å²) in [6.07, 6.45) is -1.54. The Hall–Kier alpha value is -3.55. The molecule has 1 fully saturated rings. The second-order valence-corrected chi connectivity index (χ2v) is 25.3. The van der Waals surface area contributed by atoms with Gasteiger partial charge in [0.05, 0.1) is 17.8 Å². The Kier molecular flexibility index (Phi) is 28.5. The lowest BCUT2D eigenvalue weighted by Crippen LogP contribution is -2.53. The van der Waals surface area contributed by atoms with Crippen LogP contribution in [0, 0.1) is 66.3 Å². The molecule has 1 saturated heterocycles. The summed E-state index contributed by atoms with van der Waals surface area (Å²) in [5, 5.41) is 12.4. The van der Waals surface area contributed by atoms with Crippen LogP contribution in [0.2, 0.25) is 0 Å². The summed E-state index contributed by atoms with van der Waals surface area (Å²) in [7, 11) is 1.57. The fourth-order valence-corrected chi connectivity index (χ4v) is 11.0. The number of allylic oxidation sites excluding steroid dienone is 1. The molecule has 0 radical (unpaired) electrons. The summed E-state index contributed by atoms with van der Waals surface area (Å²) in [5.74, 6) is -9.65. The van der Waals surface area contributed by atoms with Crippen molar-refractivity contribution in [2.45, 2.75) is 185 Å². The van der Waals surface area contributed by atoms with Crippen molar-refractivity contribution in [3.05, 3.63) is 78.4 Å². The third-order valence-electron chi connectivity index (χ3n) is 14.4. The first-order valence-corrected chi connectivity index (χ1v) is 29.8. The highest BCUT2D eigenvalue weighted by molar-refractivity contribution is 14.1. The van der Waals surface area contributed by atoms with Crippen molar-refractivity contribution >= 4 is 86.4 Å². The number of ketones is 3. The molecule has 6 unspecified atom stereocenters. The Morgan fingerprint density at radius 2 is 1.13 bits per heavy atom. The third kappa shape index (κ3) is 20.6. The minimum atomic E-state index is -1.54. The number of benzene rings is 2. The number of aliphatic hydroxyl groups excluding tert-OH is 1. The lowest BCUT2D eigenvalue weighted by Gasteiger charge is -2.37. The zero-order chi connectivity index (χ0) is 57.1. The Morgan fingerprint density at radius 1 is 0.632 bits per heavy atom. The number of hydrogen-bond acceptors (Lipinski definition) is 13. The first kappa shape index (κ1) is 66.7. The number of esters is 4. The normalized spacial score (nSPS) is 27.8. The molecule has 1 aliphatic heterocycles. The van der Waals surface area contributed by atoms with Gasteiger partial charge in [-0.2, -0.15) is 0 Å². The molecule has 1 aliphatic rings. The molecule has 0 spiro atoms. The SMILES string of the molecule is C/C=C1/CC(CC(C)C)C(=O)O[C@H](C)C(=O)C(CCC)C(CC(C)C)C(=O)O[C@H](Cc2ccc(I)cc2)C(O)N(C)[C@@H](CC(C)C)C(=O)OC[C@H](C)C(=O)C(CC)C(CC(C)C)C(=O)O[C@H](Cc2ccc(I)cc2)C1=O. The average molecular weight is 1280 g/mol.